The van der Waals surface area contributed by atoms with Gasteiger partial charge in [-0.1, -0.05) is 45.2 Å². The highest BCUT2D eigenvalue weighted by molar-refractivity contribution is 14.2. The van der Waals surface area contributed by atoms with Crippen LogP contribution in [0.15, 0.2) is 0 Å². The summed E-state index contributed by atoms with van der Waals surface area (Å²) in [6, 6.07) is 0. The first-order valence-corrected chi connectivity index (χ1v) is 11.5. The van der Waals surface area contributed by atoms with Gasteiger partial charge in [-0.05, 0) is 26.2 Å². The minimum absolute atomic E-state index is 0.724. The van der Waals surface area contributed by atoms with Crippen LogP contribution in [0.4, 0.5) is 0 Å². The molecule has 0 heterocycles. The fourth-order valence-corrected chi connectivity index (χ4v) is 8.12. The molecule has 0 aliphatic heterocycles. The topological polar surface area (TPSA) is 9.23 Å². The van der Waals surface area contributed by atoms with Crippen molar-refractivity contribution in [1.82, 2.24) is 0 Å². The zero-order chi connectivity index (χ0) is 8.36. The van der Waals surface area contributed by atoms with Crippen molar-refractivity contribution in [2.45, 2.75) is 27.7 Å². The van der Waals surface area contributed by atoms with Crippen molar-refractivity contribution in [3.05, 3.63) is 0 Å². The predicted molar refractivity (Wildman–Crippen MR) is 69.3 cm³/mol. The molecular formula is C5H14I2OSi2. The Bertz CT molecular complexity index is 102. The van der Waals surface area contributed by atoms with Crippen LogP contribution in [-0.2, 0) is 4.12 Å². The van der Waals surface area contributed by atoms with Gasteiger partial charge in [-0.15, -0.1) is 0 Å². The van der Waals surface area contributed by atoms with Gasteiger partial charge >= 0.3 is 0 Å². The summed E-state index contributed by atoms with van der Waals surface area (Å²) in [5.41, 5.74) is 0. The monoisotopic (exact) mass is 400 g/mol. The maximum atomic E-state index is 5.96. The van der Waals surface area contributed by atoms with E-state index in [9.17, 15) is 0 Å². The van der Waals surface area contributed by atoms with Crippen LogP contribution in [0.3, 0.4) is 0 Å². The van der Waals surface area contributed by atoms with E-state index in [1.165, 1.54) is 0 Å². The molecule has 0 aromatic heterocycles. The molecule has 0 spiro atoms. The Balaban J connectivity index is 3.68. The maximum absolute atomic E-state index is 5.96. The van der Waals surface area contributed by atoms with Crippen LogP contribution in [-0.4, -0.2) is 18.9 Å². The molecule has 5 heteroatoms. The Morgan fingerprint density at radius 1 is 1.30 bits per heavy atom. The molecule has 0 rings (SSSR count). The SMILES string of the molecule is C[SiH](O[Si](C)(C)C)C(I)I. The number of hydrogen-bond donors (Lipinski definition) is 0. The normalized spacial score (nSPS) is 15.9. The Kier molecular flexibility index (Phi) is 5.66. The fourth-order valence-electron chi connectivity index (χ4n) is 0.609. The Labute approximate surface area is 93.4 Å². The van der Waals surface area contributed by atoms with E-state index in [0.717, 1.165) is 1.55 Å². The first-order chi connectivity index (χ1) is 4.33. The summed E-state index contributed by atoms with van der Waals surface area (Å²) in [4.78, 5) is 0. The molecule has 0 saturated carbocycles. The second-order valence-electron chi connectivity index (χ2n) is 3.27. The van der Waals surface area contributed by atoms with E-state index >= 15 is 0 Å². The molecule has 0 saturated heterocycles. The third kappa shape index (κ3) is 6.56. The van der Waals surface area contributed by atoms with Crippen molar-refractivity contribution in [3.63, 3.8) is 0 Å². The highest BCUT2D eigenvalue weighted by Crippen LogP contribution is 2.17. The van der Waals surface area contributed by atoms with Gasteiger partial charge in [0.05, 0.1) is 1.55 Å². The fraction of sp³-hybridized carbons (Fsp3) is 1.00. The summed E-state index contributed by atoms with van der Waals surface area (Å²) in [5.74, 6) is 0. The molecule has 0 aromatic carbocycles. The maximum Gasteiger partial charge on any atom is 0.183 e. The lowest BCUT2D eigenvalue weighted by Gasteiger charge is -2.23. The summed E-state index contributed by atoms with van der Waals surface area (Å²) < 4.78 is 6.69. The number of rotatable bonds is 3. The zero-order valence-electron chi connectivity index (χ0n) is 6.82. The average molecular weight is 400 g/mol. The molecule has 0 fully saturated rings. The van der Waals surface area contributed by atoms with E-state index in [1.54, 1.807) is 0 Å². The molecule has 0 amide bonds. The van der Waals surface area contributed by atoms with Gasteiger partial charge in [0.1, 0.15) is 0 Å². The smallest absolute Gasteiger partial charge is 0.183 e. The summed E-state index contributed by atoms with van der Waals surface area (Å²) in [6.45, 7) is 9.05. The Hall–Kier alpha value is 1.85. The van der Waals surface area contributed by atoms with Crippen molar-refractivity contribution in [3.8, 4) is 0 Å². The Morgan fingerprint density at radius 3 is 1.80 bits per heavy atom. The van der Waals surface area contributed by atoms with Gasteiger partial charge in [0, 0.05) is 0 Å². The van der Waals surface area contributed by atoms with Gasteiger partial charge in [-0.3, -0.25) is 0 Å². The van der Waals surface area contributed by atoms with E-state index in [1.807, 2.05) is 0 Å². The molecule has 0 N–H and O–H groups in total. The van der Waals surface area contributed by atoms with Gasteiger partial charge in [0.25, 0.3) is 0 Å². The van der Waals surface area contributed by atoms with Crippen molar-refractivity contribution in [1.29, 1.82) is 0 Å². The second-order valence-corrected chi connectivity index (χ2v) is 18.3. The lowest BCUT2D eigenvalue weighted by atomic mass is 11.8. The van der Waals surface area contributed by atoms with Crippen molar-refractivity contribution < 1.29 is 4.12 Å². The molecule has 1 nitrogen and oxygen atoms in total. The minimum Gasteiger partial charge on any atom is -0.457 e. The predicted octanol–water partition coefficient (Wildman–Crippen LogP) is 2.93. The molecule has 0 aliphatic carbocycles. The van der Waals surface area contributed by atoms with E-state index in [0.29, 0.717) is 0 Å². The van der Waals surface area contributed by atoms with Crippen LogP contribution < -0.4 is 0 Å². The van der Waals surface area contributed by atoms with Crippen LogP contribution >= 0.6 is 45.2 Å². The second kappa shape index (κ2) is 4.78. The molecule has 0 aliphatic rings. The number of hydrogen-bond acceptors (Lipinski definition) is 1. The van der Waals surface area contributed by atoms with Crippen LogP contribution in [0.25, 0.3) is 0 Å². The molecule has 0 aromatic rings. The largest absolute Gasteiger partial charge is 0.457 e. The highest BCUT2D eigenvalue weighted by atomic mass is 127. The molecular weight excluding hydrogens is 386 g/mol. The first-order valence-electron chi connectivity index (χ1n) is 3.29. The highest BCUT2D eigenvalue weighted by Gasteiger charge is 2.22. The van der Waals surface area contributed by atoms with Gasteiger partial charge in [-0.25, -0.2) is 0 Å². The lowest BCUT2D eigenvalue weighted by molar-refractivity contribution is 0.582. The quantitative estimate of drug-likeness (QED) is 0.402. The molecule has 1 atom stereocenters. The van der Waals surface area contributed by atoms with Crippen LogP contribution in [0.2, 0.25) is 26.2 Å². The van der Waals surface area contributed by atoms with Crippen LogP contribution in [0.1, 0.15) is 0 Å². The lowest BCUT2D eigenvalue weighted by Crippen LogP contribution is -2.36. The van der Waals surface area contributed by atoms with Crippen LogP contribution in [0, 0.1) is 0 Å². The van der Waals surface area contributed by atoms with Gasteiger partial charge in [-0.2, -0.15) is 0 Å². The molecule has 10 heavy (non-hydrogen) atoms. The van der Waals surface area contributed by atoms with Crippen molar-refractivity contribution >= 4 is 62.5 Å². The van der Waals surface area contributed by atoms with E-state index < -0.39 is 17.4 Å². The molecule has 0 bridgehead atoms. The van der Waals surface area contributed by atoms with Gasteiger partial charge in [0.15, 0.2) is 17.4 Å². The van der Waals surface area contributed by atoms with E-state index in [2.05, 4.69) is 71.4 Å². The summed E-state index contributed by atoms with van der Waals surface area (Å²) in [5, 5.41) is 0. The molecule has 1 unspecified atom stereocenters. The first kappa shape index (κ1) is 11.9. The average Bonchev–Trinajstić information content (AvgIpc) is 1.60. The standard InChI is InChI=1S/C5H14I2OSi2/c1-9(5(6)7)8-10(2,3)4/h5,9H,1-4H3. The summed E-state index contributed by atoms with van der Waals surface area (Å²) >= 11 is 4.91. The van der Waals surface area contributed by atoms with Crippen molar-refractivity contribution in [2.75, 3.05) is 0 Å². The van der Waals surface area contributed by atoms with Gasteiger partial charge in [0.2, 0.25) is 0 Å². The summed E-state index contributed by atoms with van der Waals surface area (Å²) in [7, 11) is -2.10. The van der Waals surface area contributed by atoms with E-state index in [4.69, 9.17) is 4.12 Å². The number of halogens is 2. The Morgan fingerprint density at radius 2 is 1.70 bits per heavy atom. The molecule has 0 radical (unpaired) electrons. The van der Waals surface area contributed by atoms with Gasteiger partial charge < -0.3 is 4.12 Å². The van der Waals surface area contributed by atoms with E-state index in [-0.39, 0.29) is 0 Å². The van der Waals surface area contributed by atoms with Crippen molar-refractivity contribution in [2.24, 2.45) is 0 Å². The summed E-state index contributed by atoms with van der Waals surface area (Å²) in [6.07, 6.45) is 0. The number of alkyl halides is 2. The molecule has 62 valence electrons. The third-order valence-electron chi connectivity index (χ3n) is 0.894. The minimum atomic E-state index is -1.23. The zero-order valence-corrected chi connectivity index (χ0v) is 13.3. The third-order valence-corrected chi connectivity index (χ3v) is 12.0. The van der Waals surface area contributed by atoms with Crippen LogP contribution in [0.5, 0.6) is 0 Å².